The van der Waals surface area contributed by atoms with Gasteiger partial charge < -0.3 is 14.4 Å². The molecule has 1 amide bonds. The van der Waals surface area contributed by atoms with Gasteiger partial charge in [-0.1, -0.05) is 17.7 Å². The molecule has 0 bridgehead atoms. The Kier molecular flexibility index (Phi) is 6.83. The molecule has 0 aliphatic rings. The third-order valence-electron chi connectivity index (χ3n) is 3.48. The van der Waals surface area contributed by atoms with Crippen molar-refractivity contribution >= 4 is 23.6 Å². The maximum atomic E-state index is 13.6. The monoisotopic (exact) mass is 363 g/mol. The van der Waals surface area contributed by atoms with E-state index < -0.39 is 5.82 Å². The van der Waals surface area contributed by atoms with Crippen LogP contribution in [-0.2, 0) is 4.79 Å². The second kappa shape index (κ2) is 9.08. The molecule has 0 unspecified atom stereocenters. The summed E-state index contributed by atoms with van der Waals surface area (Å²) in [6.07, 6.45) is 2.95. The van der Waals surface area contributed by atoms with E-state index in [0.717, 1.165) is 0 Å². The molecule has 0 spiro atoms. The van der Waals surface area contributed by atoms with Crippen LogP contribution in [0.25, 0.3) is 6.08 Å². The molecule has 6 heteroatoms. The molecule has 2 aromatic carbocycles. The van der Waals surface area contributed by atoms with Gasteiger partial charge in [-0.05, 0) is 48.0 Å². The molecule has 2 aromatic rings. The number of likely N-dealkylation sites (N-methyl/N-ethyl adjacent to an activating group) is 1. The van der Waals surface area contributed by atoms with E-state index in [9.17, 15) is 9.18 Å². The number of amides is 1. The van der Waals surface area contributed by atoms with Crippen molar-refractivity contribution in [1.82, 2.24) is 4.90 Å². The number of methoxy groups -OCH3 is 1. The molecular weight excluding hydrogens is 345 g/mol. The summed E-state index contributed by atoms with van der Waals surface area (Å²) in [5.74, 6) is 0.187. The van der Waals surface area contributed by atoms with Gasteiger partial charge in [0.2, 0.25) is 5.91 Å². The number of benzene rings is 2. The first-order valence-corrected chi connectivity index (χ1v) is 8.02. The summed E-state index contributed by atoms with van der Waals surface area (Å²) < 4.78 is 24.0. The first kappa shape index (κ1) is 18.8. The van der Waals surface area contributed by atoms with Crippen LogP contribution in [0.15, 0.2) is 48.5 Å². The fourth-order valence-electron chi connectivity index (χ4n) is 2.02. The molecule has 0 saturated carbocycles. The standard InChI is InChI=1S/C19H19ClFNO3/c1-22(11-12-25-16-7-5-15(20)6-8-16)19(23)10-4-14-3-9-18(24-2)17(21)13-14/h3-10,13H,11-12H2,1-2H3/b10-4+. The predicted molar refractivity (Wildman–Crippen MR) is 96.6 cm³/mol. The number of ether oxygens (including phenoxy) is 2. The van der Waals surface area contributed by atoms with Crippen LogP contribution in [0.2, 0.25) is 5.02 Å². The molecule has 0 aliphatic heterocycles. The van der Waals surface area contributed by atoms with Crippen LogP contribution < -0.4 is 9.47 Å². The zero-order valence-corrected chi connectivity index (χ0v) is 14.8. The summed E-state index contributed by atoms with van der Waals surface area (Å²) in [5, 5.41) is 0.639. The quantitative estimate of drug-likeness (QED) is 0.697. The van der Waals surface area contributed by atoms with Gasteiger partial charge >= 0.3 is 0 Å². The fraction of sp³-hybridized carbons (Fsp3) is 0.211. The van der Waals surface area contributed by atoms with E-state index >= 15 is 0 Å². The summed E-state index contributed by atoms with van der Waals surface area (Å²) >= 11 is 5.80. The van der Waals surface area contributed by atoms with E-state index in [1.807, 2.05) is 0 Å². The van der Waals surface area contributed by atoms with Gasteiger partial charge in [-0.3, -0.25) is 4.79 Å². The van der Waals surface area contributed by atoms with E-state index in [2.05, 4.69) is 0 Å². The van der Waals surface area contributed by atoms with Crippen LogP contribution in [-0.4, -0.2) is 38.1 Å². The van der Waals surface area contributed by atoms with Crippen LogP contribution in [0.5, 0.6) is 11.5 Å². The largest absolute Gasteiger partial charge is 0.494 e. The van der Waals surface area contributed by atoms with Gasteiger partial charge in [0.15, 0.2) is 11.6 Å². The minimum absolute atomic E-state index is 0.167. The van der Waals surface area contributed by atoms with Crippen LogP contribution in [0.4, 0.5) is 4.39 Å². The number of hydrogen-bond donors (Lipinski definition) is 0. The lowest BCUT2D eigenvalue weighted by Gasteiger charge is -2.15. The van der Waals surface area contributed by atoms with Crippen LogP contribution in [0.3, 0.4) is 0 Å². The second-order valence-electron chi connectivity index (χ2n) is 5.29. The molecule has 0 fully saturated rings. The third kappa shape index (κ3) is 5.80. The van der Waals surface area contributed by atoms with E-state index in [1.165, 1.54) is 30.2 Å². The molecule has 0 aliphatic carbocycles. The van der Waals surface area contributed by atoms with Crippen LogP contribution in [0.1, 0.15) is 5.56 Å². The summed E-state index contributed by atoms with van der Waals surface area (Å²) in [7, 11) is 3.07. The summed E-state index contributed by atoms with van der Waals surface area (Å²) in [5.41, 5.74) is 0.581. The average Bonchev–Trinajstić information content (AvgIpc) is 2.61. The van der Waals surface area contributed by atoms with E-state index in [0.29, 0.717) is 29.5 Å². The highest BCUT2D eigenvalue weighted by atomic mass is 35.5. The molecule has 0 N–H and O–H groups in total. The van der Waals surface area contributed by atoms with Crippen molar-refractivity contribution in [1.29, 1.82) is 0 Å². The van der Waals surface area contributed by atoms with Crippen molar-refractivity contribution < 1.29 is 18.7 Å². The maximum absolute atomic E-state index is 13.6. The SMILES string of the molecule is COc1ccc(/C=C/C(=O)N(C)CCOc2ccc(Cl)cc2)cc1F. The van der Waals surface area contributed by atoms with Gasteiger partial charge in [-0.15, -0.1) is 0 Å². The number of halogens is 2. The van der Waals surface area contributed by atoms with Gasteiger partial charge in [0.05, 0.1) is 13.7 Å². The summed E-state index contributed by atoms with van der Waals surface area (Å²) in [4.78, 5) is 13.6. The van der Waals surface area contributed by atoms with Gasteiger partial charge in [0.25, 0.3) is 0 Å². The van der Waals surface area contributed by atoms with Crippen molar-refractivity contribution in [3.05, 3.63) is 64.9 Å². The molecular formula is C19H19ClFNO3. The highest BCUT2D eigenvalue weighted by molar-refractivity contribution is 6.30. The Balaban J connectivity index is 1.83. The first-order chi connectivity index (χ1) is 12.0. The number of carbonyl (C=O) groups is 1. The molecule has 0 aromatic heterocycles. The Labute approximate surface area is 151 Å². The smallest absolute Gasteiger partial charge is 0.246 e. The lowest BCUT2D eigenvalue weighted by atomic mass is 10.2. The molecule has 25 heavy (non-hydrogen) atoms. The zero-order chi connectivity index (χ0) is 18.2. The predicted octanol–water partition coefficient (Wildman–Crippen LogP) is 4.04. The highest BCUT2D eigenvalue weighted by Gasteiger charge is 2.06. The Morgan fingerprint density at radius 3 is 2.60 bits per heavy atom. The first-order valence-electron chi connectivity index (χ1n) is 7.64. The van der Waals surface area contributed by atoms with E-state index in [-0.39, 0.29) is 11.7 Å². The second-order valence-corrected chi connectivity index (χ2v) is 5.73. The van der Waals surface area contributed by atoms with Gasteiger partial charge in [-0.25, -0.2) is 4.39 Å². The van der Waals surface area contributed by atoms with Crippen molar-refractivity contribution in [2.24, 2.45) is 0 Å². The molecule has 2 rings (SSSR count). The molecule has 0 atom stereocenters. The van der Waals surface area contributed by atoms with E-state index in [1.54, 1.807) is 43.5 Å². The van der Waals surface area contributed by atoms with Crippen molar-refractivity contribution in [2.75, 3.05) is 27.3 Å². The topological polar surface area (TPSA) is 38.8 Å². The van der Waals surface area contributed by atoms with Crippen molar-refractivity contribution in [3.63, 3.8) is 0 Å². The Morgan fingerprint density at radius 2 is 1.96 bits per heavy atom. The minimum atomic E-state index is -0.471. The maximum Gasteiger partial charge on any atom is 0.246 e. The average molecular weight is 364 g/mol. The lowest BCUT2D eigenvalue weighted by Crippen LogP contribution is -2.29. The van der Waals surface area contributed by atoms with Crippen molar-refractivity contribution in [3.8, 4) is 11.5 Å². The number of nitrogens with zero attached hydrogens (tertiary/aromatic N) is 1. The van der Waals surface area contributed by atoms with Crippen LogP contribution >= 0.6 is 11.6 Å². The molecule has 0 radical (unpaired) electrons. The Morgan fingerprint density at radius 1 is 1.24 bits per heavy atom. The Hall–Kier alpha value is -2.53. The van der Waals surface area contributed by atoms with Gasteiger partial charge in [0, 0.05) is 18.1 Å². The summed E-state index contributed by atoms with van der Waals surface area (Å²) in [6, 6.07) is 11.5. The van der Waals surface area contributed by atoms with Gasteiger partial charge in [0.1, 0.15) is 12.4 Å². The minimum Gasteiger partial charge on any atom is -0.494 e. The third-order valence-corrected chi connectivity index (χ3v) is 3.73. The van der Waals surface area contributed by atoms with E-state index in [4.69, 9.17) is 21.1 Å². The molecule has 0 heterocycles. The number of carbonyl (C=O) groups excluding carboxylic acids is 1. The Bertz CT molecular complexity index is 747. The number of hydrogen-bond acceptors (Lipinski definition) is 3. The fourth-order valence-corrected chi connectivity index (χ4v) is 2.15. The van der Waals surface area contributed by atoms with Crippen LogP contribution in [0, 0.1) is 5.82 Å². The summed E-state index contributed by atoms with van der Waals surface area (Å²) in [6.45, 7) is 0.775. The normalized spacial score (nSPS) is 10.7. The van der Waals surface area contributed by atoms with Crippen molar-refractivity contribution in [2.45, 2.75) is 0 Å². The van der Waals surface area contributed by atoms with Gasteiger partial charge in [-0.2, -0.15) is 0 Å². The highest BCUT2D eigenvalue weighted by Crippen LogP contribution is 2.18. The number of rotatable bonds is 7. The molecule has 4 nitrogen and oxygen atoms in total. The molecule has 132 valence electrons. The molecule has 0 saturated heterocycles. The lowest BCUT2D eigenvalue weighted by molar-refractivity contribution is -0.125. The zero-order valence-electron chi connectivity index (χ0n) is 14.0.